The van der Waals surface area contributed by atoms with Crippen LogP contribution >= 0.6 is 0 Å². The van der Waals surface area contributed by atoms with E-state index in [-0.39, 0.29) is 0 Å². The number of nitrogens with zero attached hydrogens (tertiary/aromatic N) is 2. The molecule has 2 aliphatic rings. The van der Waals surface area contributed by atoms with E-state index in [0.29, 0.717) is 6.04 Å². The molecule has 0 aliphatic heterocycles. The summed E-state index contributed by atoms with van der Waals surface area (Å²) in [6.07, 6.45) is 14.1. The Hall–Kier alpha value is -2.56. The minimum atomic E-state index is 0.647. The van der Waals surface area contributed by atoms with E-state index in [2.05, 4.69) is 31.5 Å². The van der Waals surface area contributed by atoms with E-state index in [1.165, 1.54) is 43.4 Å². The number of rotatable bonds is 4. The Morgan fingerprint density at radius 1 is 1.17 bits per heavy atom. The number of allylic oxidation sites excluding steroid dienone is 1. The maximum atomic E-state index is 4.63. The molecule has 116 valence electrons. The number of pyridine rings is 1. The van der Waals surface area contributed by atoms with Gasteiger partial charge < -0.3 is 10.3 Å². The molecule has 0 unspecified atom stereocenters. The highest BCUT2D eigenvalue weighted by Gasteiger charge is 2.25. The highest BCUT2D eigenvalue weighted by atomic mass is 15.1. The van der Waals surface area contributed by atoms with Crippen LogP contribution in [-0.4, -0.2) is 26.2 Å². The summed E-state index contributed by atoms with van der Waals surface area (Å²) in [5.41, 5.74) is 7.23. The van der Waals surface area contributed by atoms with Crippen molar-refractivity contribution < 1.29 is 0 Å². The lowest BCUT2D eigenvalue weighted by molar-refractivity contribution is 0.378. The van der Waals surface area contributed by atoms with Crippen LogP contribution in [0.1, 0.15) is 37.7 Å². The maximum absolute atomic E-state index is 4.63. The molecule has 5 heteroatoms. The van der Waals surface area contributed by atoms with Crippen LogP contribution < -0.4 is 5.32 Å². The van der Waals surface area contributed by atoms with E-state index < -0.39 is 0 Å². The molecule has 0 saturated heterocycles. The zero-order chi connectivity index (χ0) is 15.2. The Balaban J connectivity index is 1.59. The second-order valence-corrected chi connectivity index (χ2v) is 6.56. The molecule has 23 heavy (non-hydrogen) atoms. The average molecular weight is 305 g/mol. The first-order valence-corrected chi connectivity index (χ1v) is 8.34. The Kier molecular flexibility index (Phi) is 2.80. The molecule has 0 radical (unpaired) electrons. The molecule has 2 fully saturated rings. The molecule has 0 atom stereocenters. The summed E-state index contributed by atoms with van der Waals surface area (Å²) in [4.78, 5) is 7.89. The summed E-state index contributed by atoms with van der Waals surface area (Å²) in [6, 6.07) is 2.90. The number of aromatic nitrogens is 4. The van der Waals surface area contributed by atoms with Crippen molar-refractivity contribution in [2.45, 2.75) is 38.1 Å². The van der Waals surface area contributed by atoms with Gasteiger partial charge in [0.05, 0.1) is 6.20 Å². The highest BCUT2D eigenvalue weighted by Crippen LogP contribution is 2.37. The van der Waals surface area contributed by atoms with Crippen LogP contribution in [0.5, 0.6) is 0 Å². The summed E-state index contributed by atoms with van der Waals surface area (Å²) in [7, 11) is 0. The van der Waals surface area contributed by atoms with Crippen molar-refractivity contribution >= 4 is 16.7 Å². The molecule has 2 saturated carbocycles. The van der Waals surface area contributed by atoms with Gasteiger partial charge in [0.25, 0.3) is 0 Å². The van der Waals surface area contributed by atoms with Crippen LogP contribution in [0.3, 0.4) is 0 Å². The summed E-state index contributed by atoms with van der Waals surface area (Å²) in [5, 5.41) is 11.8. The van der Waals surface area contributed by atoms with Gasteiger partial charge in [0.2, 0.25) is 0 Å². The lowest BCUT2D eigenvalue weighted by Gasteiger charge is -2.29. The van der Waals surface area contributed by atoms with Crippen LogP contribution in [0.4, 0.5) is 0 Å². The topological polar surface area (TPSA) is 69.4 Å². The fraction of sp³-hybridized carbons (Fsp3) is 0.333. The van der Waals surface area contributed by atoms with Crippen molar-refractivity contribution in [3.63, 3.8) is 0 Å². The smallest absolute Gasteiger partial charge is 0.137 e. The molecular formula is C18H19N5. The van der Waals surface area contributed by atoms with Crippen LogP contribution in [0.15, 0.2) is 36.4 Å². The third kappa shape index (κ3) is 2.23. The lowest BCUT2D eigenvalue weighted by Crippen LogP contribution is -2.33. The fourth-order valence-electron chi connectivity index (χ4n) is 3.24. The highest BCUT2D eigenvalue weighted by molar-refractivity contribution is 5.95. The quantitative estimate of drug-likeness (QED) is 0.690. The molecule has 0 amide bonds. The molecule has 5 rings (SSSR count). The van der Waals surface area contributed by atoms with Gasteiger partial charge >= 0.3 is 0 Å². The largest absolute Gasteiger partial charge is 0.382 e. The van der Waals surface area contributed by atoms with Crippen LogP contribution in [-0.2, 0) is 0 Å². The Morgan fingerprint density at radius 3 is 2.78 bits per heavy atom. The Labute approximate surface area is 134 Å². The van der Waals surface area contributed by atoms with E-state index in [1.54, 1.807) is 5.57 Å². The first-order valence-electron chi connectivity index (χ1n) is 8.34. The predicted octanol–water partition coefficient (Wildman–Crippen LogP) is 3.60. The van der Waals surface area contributed by atoms with Crippen molar-refractivity contribution in [3.05, 3.63) is 42.0 Å². The Bertz CT molecular complexity index is 877. The number of hydrogen-bond acceptors (Lipinski definition) is 3. The molecule has 3 aromatic rings. The van der Waals surface area contributed by atoms with Crippen molar-refractivity contribution in [3.8, 4) is 11.1 Å². The molecular weight excluding hydrogens is 286 g/mol. The third-order valence-corrected chi connectivity index (χ3v) is 4.94. The summed E-state index contributed by atoms with van der Waals surface area (Å²) in [6.45, 7) is 0. The van der Waals surface area contributed by atoms with Crippen molar-refractivity contribution in [1.29, 1.82) is 0 Å². The number of aromatic amines is 2. The van der Waals surface area contributed by atoms with Crippen molar-refractivity contribution in [2.24, 2.45) is 0 Å². The predicted molar refractivity (Wildman–Crippen MR) is 90.6 cm³/mol. The minimum Gasteiger partial charge on any atom is -0.382 e. The molecule has 0 spiro atoms. The molecule has 2 aliphatic carbocycles. The van der Waals surface area contributed by atoms with Crippen LogP contribution in [0.2, 0.25) is 0 Å². The monoisotopic (exact) mass is 305 g/mol. The van der Waals surface area contributed by atoms with Gasteiger partial charge in [0.15, 0.2) is 0 Å². The van der Waals surface area contributed by atoms with Gasteiger partial charge in [-0.25, -0.2) is 4.98 Å². The van der Waals surface area contributed by atoms with E-state index in [4.69, 9.17) is 0 Å². The SMILES string of the molecule is c1nc2[nH]cc(-c3cn[nH]c3)c2cc1C(NC1CCC1)=C1CC1. The average Bonchev–Trinajstić information content (AvgIpc) is 3.06. The number of nitrogens with one attached hydrogen (secondary N) is 3. The van der Waals surface area contributed by atoms with Gasteiger partial charge in [-0.3, -0.25) is 5.10 Å². The van der Waals surface area contributed by atoms with Crippen LogP contribution in [0, 0.1) is 0 Å². The molecule has 3 aromatic heterocycles. The van der Waals surface area contributed by atoms with Gasteiger partial charge in [0.1, 0.15) is 5.65 Å². The standard InChI is InChI=1S/C18H19N5/c1-2-14(3-1)23-17(11-4-5-11)12-6-15-16(13-8-21-22-9-13)10-20-18(15)19-7-12/h6-10,14,23H,1-5H2,(H,19,20)(H,21,22). The summed E-state index contributed by atoms with van der Waals surface area (Å²) >= 11 is 0. The van der Waals surface area contributed by atoms with E-state index in [0.717, 1.165) is 22.2 Å². The Morgan fingerprint density at radius 2 is 2.09 bits per heavy atom. The first kappa shape index (κ1) is 12.9. The lowest BCUT2D eigenvalue weighted by atomic mass is 9.92. The van der Waals surface area contributed by atoms with Gasteiger partial charge in [0, 0.05) is 52.4 Å². The third-order valence-electron chi connectivity index (χ3n) is 4.94. The van der Waals surface area contributed by atoms with Crippen molar-refractivity contribution in [1.82, 2.24) is 25.5 Å². The minimum absolute atomic E-state index is 0.647. The molecule has 0 aromatic carbocycles. The summed E-state index contributed by atoms with van der Waals surface area (Å²) in [5.74, 6) is 0. The zero-order valence-electron chi connectivity index (χ0n) is 12.9. The number of H-pyrrole nitrogens is 2. The van der Waals surface area contributed by atoms with E-state index in [9.17, 15) is 0 Å². The van der Waals surface area contributed by atoms with Gasteiger partial charge in [-0.1, -0.05) is 0 Å². The first-order chi connectivity index (χ1) is 11.4. The van der Waals surface area contributed by atoms with Gasteiger partial charge in [-0.15, -0.1) is 0 Å². The molecule has 5 nitrogen and oxygen atoms in total. The normalized spacial score (nSPS) is 17.3. The van der Waals surface area contributed by atoms with Crippen LogP contribution in [0.25, 0.3) is 27.9 Å². The second kappa shape index (κ2) is 4.98. The number of fused-ring (bicyclic) bond motifs is 1. The zero-order valence-corrected chi connectivity index (χ0v) is 12.9. The van der Waals surface area contributed by atoms with Crippen molar-refractivity contribution in [2.75, 3.05) is 0 Å². The molecule has 3 N–H and O–H groups in total. The number of hydrogen-bond donors (Lipinski definition) is 3. The molecule has 3 heterocycles. The van der Waals surface area contributed by atoms with E-state index in [1.807, 2.05) is 24.8 Å². The maximum Gasteiger partial charge on any atom is 0.137 e. The fourth-order valence-corrected chi connectivity index (χ4v) is 3.24. The molecule has 0 bridgehead atoms. The van der Waals surface area contributed by atoms with Gasteiger partial charge in [-0.2, -0.15) is 5.10 Å². The van der Waals surface area contributed by atoms with Gasteiger partial charge in [-0.05, 0) is 43.7 Å². The second-order valence-electron chi connectivity index (χ2n) is 6.56. The van der Waals surface area contributed by atoms with E-state index >= 15 is 0 Å². The summed E-state index contributed by atoms with van der Waals surface area (Å²) < 4.78 is 0.